The molecule has 0 aliphatic carbocycles. The summed E-state index contributed by atoms with van der Waals surface area (Å²) in [4.78, 5) is 35.4. The molecule has 9 heteroatoms. The summed E-state index contributed by atoms with van der Waals surface area (Å²) < 4.78 is 6.52. The number of rotatable bonds is 10. The molecule has 0 saturated heterocycles. The molecule has 0 aliphatic heterocycles. The molecule has 0 aliphatic rings. The maximum Gasteiger partial charge on any atom is 0.439 e. The van der Waals surface area contributed by atoms with Crippen LogP contribution in [0.15, 0.2) is 62.6 Å². The van der Waals surface area contributed by atoms with Crippen LogP contribution in [0.2, 0.25) is 0 Å². The van der Waals surface area contributed by atoms with Gasteiger partial charge < -0.3 is 4.90 Å². The van der Waals surface area contributed by atoms with Crippen LogP contribution in [0.1, 0.15) is 48.8 Å². The minimum atomic E-state index is -0.593. The van der Waals surface area contributed by atoms with Crippen molar-refractivity contribution in [2.45, 2.75) is 52.5 Å². The standard InChI is InChI=1S/C29H33N5O3S/c1-5-6-11-25-30-19(2)22(16-17-26(38)33(3)4)28(35)34(25)18-20-12-14-21(15-13-20)23-9-7-8-10-24(23)27-31-29(36)37-32-27/h7-10,12-15H,5-6,11,16-18H2,1-4H3,(H,31,32,36). The number of benzene rings is 2. The van der Waals surface area contributed by atoms with Crippen LogP contribution in [0.4, 0.5) is 0 Å². The predicted molar refractivity (Wildman–Crippen MR) is 154 cm³/mol. The number of aromatic nitrogens is 4. The zero-order valence-electron chi connectivity index (χ0n) is 22.3. The second-order valence-corrected chi connectivity index (χ2v) is 10.0. The monoisotopic (exact) mass is 531 g/mol. The maximum atomic E-state index is 13.7. The molecule has 1 N–H and O–H groups in total. The van der Waals surface area contributed by atoms with Gasteiger partial charge in [-0.1, -0.05) is 79.3 Å². The van der Waals surface area contributed by atoms with Gasteiger partial charge in [0.1, 0.15) is 5.82 Å². The molecule has 0 unspecified atom stereocenters. The number of thiocarbonyl (C=S) groups is 1. The second kappa shape index (κ2) is 12.1. The lowest BCUT2D eigenvalue weighted by Crippen LogP contribution is -2.31. The van der Waals surface area contributed by atoms with E-state index in [9.17, 15) is 9.59 Å². The summed E-state index contributed by atoms with van der Waals surface area (Å²) in [5.41, 5.74) is 5.17. The fourth-order valence-corrected chi connectivity index (χ4v) is 4.55. The Labute approximate surface area is 227 Å². The maximum absolute atomic E-state index is 13.7. The van der Waals surface area contributed by atoms with Crippen molar-refractivity contribution in [1.82, 2.24) is 24.6 Å². The quantitative estimate of drug-likeness (QED) is 0.294. The van der Waals surface area contributed by atoms with Crippen LogP contribution in [-0.2, 0) is 19.4 Å². The zero-order chi connectivity index (χ0) is 27.2. The lowest BCUT2D eigenvalue weighted by atomic mass is 9.98. The van der Waals surface area contributed by atoms with Gasteiger partial charge in [-0.3, -0.25) is 18.9 Å². The Morgan fingerprint density at radius 2 is 1.76 bits per heavy atom. The average molecular weight is 532 g/mol. The van der Waals surface area contributed by atoms with Gasteiger partial charge in [0, 0.05) is 43.8 Å². The fraction of sp³-hybridized carbons (Fsp3) is 0.345. The number of aryl methyl sites for hydroxylation is 2. The minimum absolute atomic E-state index is 0.00886. The van der Waals surface area contributed by atoms with Crippen molar-refractivity contribution in [2.75, 3.05) is 14.1 Å². The van der Waals surface area contributed by atoms with Gasteiger partial charge >= 0.3 is 5.76 Å². The van der Waals surface area contributed by atoms with E-state index >= 15 is 0 Å². The van der Waals surface area contributed by atoms with Crippen molar-refractivity contribution in [3.8, 4) is 22.5 Å². The number of unbranched alkanes of at least 4 members (excludes halogenated alkanes) is 1. The summed E-state index contributed by atoms with van der Waals surface area (Å²) in [5, 5.41) is 3.84. The van der Waals surface area contributed by atoms with Crippen LogP contribution in [0.25, 0.3) is 22.5 Å². The molecule has 38 heavy (non-hydrogen) atoms. The van der Waals surface area contributed by atoms with Crippen molar-refractivity contribution in [3.05, 3.63) is 92.1 Å². The van der Waals surface area contributed by atoms with E-state index < -0.39 is 5.76 Å². The Balaban J connectivity index is 1.65. The minimum Gasteiger partial charge on any atom is -0.372 e. The molecule has 2 heterocycles. The molecule has 0 amide bonds. The van der Waals surface area contributed by atoms with Crippen LogP contribution in [0.5, 0.6) is 0 Å². The molecule has 0 bridgehead atoms. The summed E-state index contributed by atoms with van der Waals surface area (Å²) in [7, 11) is 3.85. The highest BCUT2D eigenvalue weighted by atomic mass is 32.1. The SMILES string of the molecule is CCCCc1nc(C)c(CCC(=S)N(C)C)c(=O)n1Cc1ccc(-c2ccccc2-c2noc(=O)[nH]2)cc1. The molecule has 8 nitrogen and oxygen atoms in total. The lowest BCUT2D eigenvalue weighted by molar-refractivity contribution is 0.388. The number of hydrogen-bond acceptors (Lipinski definition) is 6. The van der Waals surface area contributed by atoms with Crippen LogP contribution in [-0.4, -0.2) is 43.7 Å². The normalized spacial score (nSPS) is 11.1. The summed E-state index contributed by atoms with van der Waals surface area (Å²) in [5.74, 6) is 0.607. The van der Waals surface area contributed by atoms with E-state index in [1.54, 1.807) is 0 Å². The van der Waals surface area contributed by atoms with Crippen molar-refractivity contribution in [2.24, 2.45) is 0 Å². The van der Waals surface area contributed by atoms with Gasteiger partial charge in [-0.05, 0) is 36.5 Å². The van der Waals surface area contributed by atoms with E-state index in [1.807, 2.05) is 79.0 Å². The fourth-order valence-electron chi connectivity index (χ4n) is 4.45. The van der Waals surface area contributed by atoms with E-state index in [-0.39, 0.29) is 5.56 Å². The first-order valence-corrected chi connectivity index (χ1v) is 13.2. The van der Waals surface area contributed by atoms with Crippen molar-refractivity contribution in [1.29, 1.82) is 0 Å². The topological polar surface area (TPSA) is 97.0 Å². The van der Waals surface area contributed by atoms with Gasteiger partial charge in [-0.15, -0.1) is 0 Å². The van der Waals surface area contributed by atoms with Crippen LogP contribution in [0, 0.1) is 6.92 Å². The van der Waals surface area contributed by atoms with Crippen LogP contribution in [0.3, 0.4) is 0 Å². The molecule has 4 aromatic rings. The summed E-state index contributed by atoms with van der Waals surface area (Å²) in [6.07, 6.45) is 3.96. The van der Waals surface area contributed by atoms with Crippen molar-refractivity contribution < 1.29 is 4.52 Å². The first-order valence-electron chi connectivity index (χ1n) is 12.8. The molecule has 0 spiro atoms. The molecule has 0 saturated carbocycles. The van der Waals surface area contributed by atoms with Gasteiger partial charge in [-0.2, -0.15) is 0 Å². The zero-order valence-corrected chi connectivity index (χ0v) is 23.1. The Morgan fingerprint density at radius 3 is 2.39 bits per heavy atom. The number of nitrogens with one attached hydrogen (secondary N) is 1. The Kier molecular flexibility index (Phi) is 8.68. The Morgan fingerprint density at radius 1 is 1.05 bits per heavy atom. The van der Waals surface area contributed by atoms with Gasteiger partial charge in [-0.25, -0.2) is 9.78 Å². The highest BCUT2D eigenvalue weighted by molar-refractivity contribution is 7.80. The average Bonchev–Trinajstić information content (AvgIpc) is 3.35. The third-order valence-electron chi connectivity index (χ3n) is 6.62. The molecule has 2 aromatic carbocycles. The van der Waals surface area contributed by atoms with E-state index in [0.29, 0.717) is 25.2 Å². The van der Waals surface area contributed by atoms with Crippen LogP contribution < -0.4 is 11.3 Å². The van der Waals surface area contributed by atoms with Gasteiger partial charge in [0.15, 0.2) is 5.82 Å². The van der Waals surface area contributed by atoms with E-state index in [1.165, 1.54) is 0 Å². The highest BCUT2D eigenvalue weighted by Gasteiger charge is 2.16. The van der Waals surface area contributed by atoms with Gasteiger partial charge in [0.25, 0.3) is 5.56 Å². The number of hydrogen-bond donors (Lipinski definition) is 1. The smallest absolute Gasteiger partial charge is 0.372 e. The molecule has 0 radical (unpaired) electrons. The molecule has 0 fully saturated rings. The first-order chi connectivity index (χ1) is 18.3. The highest BCUT2D eigenvalue weighted by Crippen LogP contribution is 2.30. The Hall–Kier alpha value is -3.85. The largest absolute Gasteiger partial charge is 0.439 e. The van der Waals surface area contributed by atoms with E-state index in [4.69, 9.17) is 21.7 Å². The summed E-state index contributed by atoms with van der Waals surface area (Å²) in [6, 6.07) is 15.8. The summed E-state index contributed by atoms with van der Waals surface area (Å²) in [6.45, 7) is 4.50. The van der Waals surface area contributed by atoms with E-state index in [0.717, 1.165) is 63.6 Å². The Bertz CT molecular complexity index is 1530. The predicted octanol–water partition coefficient (Wildman–Crippen LogP) is 4.77. The summed E-state index contributed by atoms with van der Waals surface area (Å²) >= 11 is 5.45. The lowest BCUT2D eigenvalue weighted by Gasteiger charge is -2.18. The van der Waals surface area contributed by atoms with Crippen LogP contribution >= 0.6 is 12.2 Å². The second-order valence-electron chi connectivity index (χ2n) is 9.56. The molecule has 198 valence electrons. The third kappa shape index (κ3) is 6.16. The molecule has 2 aromatic heterocycles. The number of H-pyrrole nitrogens is 1. The van der Waals surface area contributed by atoms with Gasteiger partial charge in [0.05, 0.1) is 11.5 Å². The molecular formula is C29H33N5O3S. The van der Waals surface area contributed by atoms with Crippen molar-refractivity contribution >= 4 is 17.2 Å². The first kappa shape index (κ1) is 27.2. The molecule has 4 rings (SSSR count). The number of aromatic amines is 1. The number of nitrogens with zero attached hydrogens (tertiary/aromatic N) is 4. The third-order valence-corrected chi connectivity index (χ3v) is 7.19. The van der Waals surface area contributed by atoms with E-state index in [2.05, 4.69) is 17.1 Å². The molecular weight excluding hydrogens is 498 g/mol. The molecule has 0 atom stereocenters. The van der Waals surface area contributed by atoms with Crippen molar-refractivity contribution in [3.63, 3.8) is 0 Å². The van der Waals surface area contributed by atoms with Gasteiger partial charge in [0.2, 0.25) is 0 Å².